The molecule has 1 aromatic heterocycles. The second kappa shape index (κ2) is 9.06. The number of nitrogens with zero attached hydrogens (tertiary/aromatic N) is 3. The molecule has 4 rings (SSSR count). The van der Waals surface area contributed by atoms with Gasteiger partial charge in [-0.15, -0.1) is 5.16 Å². The lowest BCUT2D eigenvalue weighted by Gasteiger charge is -2.36. The van der Waals surface area contributed by atoms with Crippen molar-refractivity contribution in [3.8, 4) is 11.1 Å². The summed E-state index contributed by atoms with van der Waals surface area (Å²) in [6.45, 7) is 1.95. The molecule has 4 aromatic rings. The Labute approximate surface area is 184 Å². The van der Waals surface area contributed by atoms with E-state index in [1.54, 1.807) is 12.4 Å². The van der Waals surface area contributed by atoms with Gasteiger partial charge in [0.15, 0.2) is 0 Å². The minimum absolute atomic E-state index is 0.199. The van der Waals surface area contributed by atoms with Crippen LogP contribution < -0.4 is 0 Å². The first-order valence-corrected chi connectivity index (χ1v) is 10.1. The molecule has 1 unspecified atom stereocenters. The fourth-order valence-electron chi connectivity index (χ4n) is 4.25. The van der Waals surface area contributed by atoms with Gasteiger partial charge in [-0.3, -0.25) is 0 Å². The van der Waals surface area contributed by atoms with Gasteiger partial charge in [-0.05, 0) is 46.9 Å². The standard InChI is InChI=1S/C26H21F2N3O/c1-18-4-2-3-5-25(18)26(10-11-31-32,22-12-23(27)14-24(28)13-22)21-8-6-19(7-9-21)20-15-29-17-30-16-20/h2-9,11-17,32H,10H2,1H3/b31-11+. The highest BCUT2D eigenvalue weighted by molar-refractivity contribution is 5.68. The molecule has 0 spiro atoms. The topological polar surface area (TPSA) is 58.4 Å². The number of rotatable bonds is 6. The zero-order chi connectivity index (χ0) is 22.6. The summed E-state index contributed by atoms with van der Waals surface area (Å²) in [5, 5.41) is 12.5. The van der Waals surface area contributed by atoms with E-state index in [1.165, 1.54) is 24.7 Å². The minimum atomic E-state index is -0.980. The minimum Gasteiger partial charge on any atom is -0.411 e. The van der Waals surface area contributed by atoms with Gasteiger partial charge in [-0.25, -0.2) is 18.7 Å². The number of hydrogen-bond donors (Lipinski definition) is 1. The fourth-order valence-corrected chi connectivity index (χ4v) is 4.25. The maximum Gasteiger partial charge on any atom is 0.126 e. The molecular formula is C26H21F2N3O. The second-order valence-electron chi connectivity index (χ2n) is 7.59. The van der Waals surface area contributed by atoms with Crippen LogP contribution in [0.2, 0.25) is 0 Å². The van der Waals surface area contributed by atoms with E-state index < -0.39 is 17.0 Å². The van der Waals surface area contributed by atoms with E-state index in [0.717, 1.165) is 33.9 Å². The van der Waals surface area contributed by atoms with Crippen molar-refractivity contribution in [1.29, 1.82) is 0 Å². The van der Waals surface area contributed by atoms with Gasteiger partial charge in [0.2, 0.25) is 0 Å². The highest BCUT2D eigenvalue weighted by atomic mass is 19.1. The molecule has 0 saturated heterocycles. The molecule has 3 aromatic carbocycles. The van der Waals surface area contributed by atoms with E-state index in [1.807, 2.05) is 55.5 Å². The summed E-state index contributed by atoms with van der Waals surface area (Å²) in [6, 6.07) is 18.9. The lowest BCUT2D eigenvalue weighted by Crippen LogP contribution is -2.31. The first-order valence-electron chi connectivity index (χ1n) is 10.1. The molecule has 1 N–H and O–H groups in total. The van der Waals surface area contributed by atoms with Crippen molar-refractivity contribution in [2.45, 2.75) is 18.8 Å². The fraction of sp³-hybridized carbons (Fsp3) is 0.115. The van der Waals surface area contributed by atoms with E-state index in [9.17, 15) is 14.0 Å². The van der Waals surface area contributed by atoms with E-state index in [2.05, 4.69) is 15.1 Å². The highest BCUT2D eigenvalue weighted by Crippen LogP contribution is 2.44. The van der Waals surface area contributed by atoms with Gasteiger partial charge in [0.05, 0.1) is 5.41 Å². The van der Waals surface area contributed by atoms with Crippen LogP contribution in [0.3, 0.4) is 0 Å². The molecule has 0 fully saturated rings. The average Bonchev–Trinajstić information content (AvgIpc) is 2.81. The van der Waals surface area contributed by atoms with E-state index in [-0.39, 0.29) is 6.42 Å². The Morgan fingerprint density at radius 3 is 2.16 bits per heavy atom. The molecule has 0 aliphatic heterocycles. The number of halogens is 2. The van der Waals surface area contributed by atoms with Gasteiger partial charge in [0.1, 0.15) is 18.0 Å². The molecule has 0 bridgehead atoms. The Hall–Kier alpha value is -3.93. The normalized spacial score (nSPS) is 13.2. The van der Waals surface area contributed by atoms with Crippen molar-refractivity contribution in [1.82, 2.24) is 9.97 Å². The number of aryl methyl sites for hydroxylation is 1. The van der Waals surface area contributed by atoms with E-state index in [4.69, 9.17) is 0 Å². The molecule has 4 nitrogen and oxygen atoms in total. The van der Waals surface area contributed by atoms with Crippen molar-refractivity contribution >= 4 is 6.21 Å². The Balaban J connectivity index is 1.99. The summed E-state index contributed by atoms with van der Waals surface area (Å²) in [5.74, 6) is -1.34. The highest BCUT2D eigenvalue weighted by Gasteiger charge is 2.37. The van der Waals surface area contributed by atoms with Crippen LogP contribution in [0, 0.1) is 18.6 Å². The van der Waals surface area contributed by atoms with Gasteiger partial charge in [0, 0.05) is 36.7 Å². The first kappa shape index (κ1) is 21.3. The van der Waals surface area contributed by atoms with Crippen LogP contribution in [-0.4, -0.2) is 21.4 Å². The predicted octanol–water partition coefficient (Wildman–Crippen LogP) is 5.91. The van der Waals surface area contributed by atoms with Crippen LogP contribution in [0.5, 0.6) is 0 Å². The van der Waals surface area contributed by atoms with Crippen molar-refractivity contribution in [3.63, 3.8) is 0 Å². The third-order valence-corrected chi connectivity index (χ3v) is 5.71. The van der Waals surface area contributed by atoms with Crippen molar-refractivity contribution in [2.24, 2.45) is 5.16 Å². The third kappa shape index (κ3) is 3.99. The molecule has 6 heteroatoms. The average molecular weight is 429 g/mol. The Bertz CT molecular complexity index is 1220. The lowest BCUT2D eigenvalue weighted by molar-refractivity contribution is 0.319. The summed E-state index contributed by atoms with van der Waals surface area (Å²) in [7, 11) is 0. The molecule has 0 amide bonds. The van der Waals surface area contributed by atoms with Crippen molar-refractivity contribution in [2.75, 3.05) is 0 Å². The van der Waals surface area contributed by atoms with Gasteiger partial charge >= 0.3 is 0 Å². The van der Waals surface area contributed by atoms with Crippen LogP contribution in [0.25, 0.3) is 11.1 Å². The lowest BCUT2D eigenvalue weighted by atomic mass is 9.66. The summed E-state index contributed by atoms with van der Waals surface area (Å²) in [6.07, 6.45) is 6.46. The van der Waals surface area contributed by atoms with E-state index in [0.29, 0.717) is 5.56 Å². The van der Waals surface area contributed by atoms with E-state index >= 15 is 0 Å². The van der Waals surface area contributed by atoms with Gasteiger partial charge in [0.25, 0.3) is 0 Å². The van der Waals surface area contributed by atoms with Gasteiger partial charge < -0.3 is 5.21 Å². The van der Waals surface area contributed by atoms with Crippen LogP contribution in [0.4, 0.5) is 8.78 Å². The van der Waals surface area contributed by atoms with Crippen LogP contribution in [0.15, 0.2) is 90.6 Å². The van der Waals surface area contributed by atoms with Crippen molar-refractivity contribution in [3.05, 3.63) is 119 Å². The number of benzene rings is 3. The zero-order valence-corrected chi connectivity index (χ0v) is 17.4. The molecule has 0 saturated carbocycles. The Morgan fingerprint density at radius 2 is 1.53 bits per heavy atom. The maximum atomic E-state index is 14.4. The SMILES string of the molecule is Cc1ccccc1C(C/C=N/O)(c1ccc(-c2cncnc2)cc1)c1cc(F)cc(F)c1. The molecule has 160 valence electrons. The van der Waals surface area contributed by atoms with Crippen LogP contribution in [0.1, 0.15) is 28.7 Å². The second-order valence-corrected chi connectivity index (χ2v) is 7.59. The molecular weight excluding hydrogens is 408 g/mol. The van der Waals surface area contributed by atoms with Crippen LogP contribution in [-0.2, 0) is 5.41 Å². The molecule has 0 aliphatic rings. The maximum absolute atomic E-state index is 14.4. The molecule has 0 aliphatic carbocycles. The smallest absolute Gasteiger partial charge is 0.126 e. The number of aromatic nitrogens is 2. The molecule has 0 radical (unpaired) electrons. The summed E-state index contributed by atoms with van der Waals surface area (Å²) >= 11 is 0. The van der Waals surface area contributed by atoms with Gasteiger partial charge in [-0.2, -0.15) is 0 Å². The summed E-state index contributed by atoms with van der Waals surface area (Å²) in [4.78, 5) is 8.12. The number of oxime groups is 1. The number of hydrogen-bond acceptors (Lipinski definition) is 4. The van der Waals surface area contributed by atoms with Crippen LogP contribution >= 0.6 is 0 Å². The first-order chi connectivity index (χ1) is 15.5. The largest absolute Gasteiger partial charge is 0.411 e. The molecule has 1 atom stereocenters. The quantitative estimate of drug-likeness (QED) is 0.179. The predicted molar refractivity (Wildman–Crippen MR) is 120 cm³/mol. The molecule has 1 heterocycles. The van der Waals surface area contributed by atoms with Crippen molar-refractivity contribution < 1.29 is 14.0 Å². The zero-order valence-electron chi connectivity index (χ0n) is 17.4. The molecule has 32 heavy (non-hydrogen) atoms. The van der Waals surface area contributed by atoms with Gasteiger partial charge in [-0.1, -0.05) is 48.5 Å². The summed E-state index contributed by atoms with van der Waals surface area (Å²) < 4.78 is 28.7. The summed E-state index contributed by atoms with van der Waals surface area (Å²) in [5.41, 5.74) is 3.83. The Kier molecular flexibility index (Phi) is 6.03. The monoisotopic (exact) mass is 429 g/mol. The third-order valence-electron chi connectivity index (χ3n) is 5.71. The Morgan fingerprint density at radius 1 is 0.875 bits per heavy atom.